The number of aromatic nitrogens is 3. The third-order valence-corrected chi connectivity index (χ3v) is 4.68. The summed E-state index contributed by atoms with van der Waals surface area (Å²) in [5, 5.41) is 12.1. The molecule has 0 saturated heterocycles. The fourth-order valence-corrected chi connectivity index (χ4v) is 3.11. The number of nitrogens with one attached hydrogen (secondary N) is 1. The van der Waals surface area contributed by atoms with Gasteiger partial charge in [-0.1, -0.05) is 17.7 Å². The maximum atomic E-state index is 12.4. The van der Waals surface area contributed by atoms with Gasteiger partial charge in [-0.05, 0) is 54.8 Å². The SMILES string of the molecule is CSCC[C@H](NC(=O)COc1ccc(Cl)cc1)c1nnc2ccccn12. The standard InChI is InChI=1S/C18H19ClN4O2S/c1-26-11-9-15(18-22-21-16-4-2-3-10-23(16)18)20-17(24)12-25-14-7-5-13(19)6-8-14/h2-8,10,15H,9,11-12H2,1H3,(H,20,24)/t15-/m0/s1. The highest BCUT2D eigenvalue weighted by Gasteiger charge is 2.20. The van der Waals surface area contributed by atoms with Crippen LogP contribution in [0.5, 0.6) is 5.75 Å². The lowest BCUT2D eigenvalue weighted by atomic mass is 10.2. The molecule has 8 heteroatoms. The molecule has 3 rings (SSSR count). The first-order chi connectivity index (χ1) is 12.7. The van der Waals surface area contributed by atoms with Crippen molar-refractivity contribution < 1.29 is 9.53 Å². The van der Waals surface area contributed by atoms with Crippen LogP contribution in [0.4, 0.5) is 0 Å². The van der Waals surface area contributed by atoms with E-state index in [2.05, 4.69) is 15.5 Å². The van der Waals surface area contributed by atoms with Gasteiger partial charge in [0.2, 0.25) is 0 Å². The second kappa shape index (κ2) is 8.91. The highest BCUT2D eigenvalue weighted by atomic mass is 35.5. The summed E-state index contributed by atoms with van der Waals surface area (Å²) < 4.78 is 7.41. The number of fused-ring (bicyclic) bond motifs is 1. The Morgan fingerprint density at radius 1 is 1.27 bits per heavy atom. The van der Waals surface area contributed by atoms with Gasteiger partial charge in [0.05, 0.1) is 6.04 Å². The van der Waals surface area contributed by atoms with Crippen molar-refractivity contribution in [1.82, 2.24) is 19.9 Å². The minimum atomic E-state index is -0.235. The Labute approximate surface area is 160 Å². The van der Waals surface area contributed by atoms with E-state index in [1.165, 1.54) is 0 Å². The average Bonchev–Trinajstić information content (AvgIpc) is 3.09. The van der Waals surface area contributed by atoms with Crippen molar-refractivity contribution >= 4 is 34.9 Å². The first-order valence-electron chi connectivity index (χ1n) is 8.13. The summed E-state index contributed by atoms with van der Waals surface area (Å²) in [6.45, 7) is -0.0753. The number of halogens is 1. The number of pyridine rings is 1. The molecule has 3 aromatic rings. The minimum Gasteiger partial charge on any atom is -0.484 e. The van der Waals surface area contributed by atoms with Gasteiger partial charge >= 0.3 is 0 Å². The highest BCUT2D eigenvalue weighted by Crippen LogP contribution is 2.19. The third kappa shape index (κ3) is 4.68. The summed E-state index contributed by atoms with van der Waals surface area (Å²) in [7, 11) is 0. The van der Waals surface area contributed by atoms with E-state index in [9.17, 15) is 4.79 Å². The number of amides is 1. The summed E-state index contributed by atoms with van der Waals surface area (Å²) in [5.41, 5.74) is 0.753. The maximum absolute atomic E-state index is 12.4. The first-order valence-corrected chi connectivity index (χ1v) is 9.91. The number of carbonyl (C=O) groups is 1. The number of carbonyl (C=O) groups excluding carboxylic acids is 1. The summed E-state index contributed by atoms with van der Waals surface area (Å²) in [6, 6.07) is 12.4. The Balaban J connectivity index is 1.67. The molecule has 2 heterocycles. The molecule has 0 aliphatic carbocycles. The van der Waals surface area contributed by atoms with Gasteiger partial charge in [0.25, 0.3) is 5.91 Å². The van der Waals surface area contributed by atoms with Crippen LogP contribution in [0.25, 0.3) is 5.65 Å². The van der Waals surface area contributed by atoms with E-state index < -0.39 is 0 Å². The number of ether oxygens (including phenoxy) is 1. The van der Waals surface area contributed by atoms with Crippen molar-refractivity contribution in [3.8, 4) is 5.75 Å². The number of hydrogen-bond acceptors (Lipinski definition) is 5. The van der Waals surface area contributed by atoms with Crippen LogP contribution in [0.15, 0.2) is 48.7 Å². The van der Waals surface area contributed by atoms with Crippen molar-refractivity contribution in [2.24, 2.45) is 0 Å². The Kier molecular flexibility index (Phi) is 6.35. The molecule has 0 radical (unpaired) electrons. The van der Waals surface area contributed by atoms with Gasteiger partial charge in [0, 0.05) is 11.2 Å². The Hall–Kier alpha value is -2.25. The summed E-state index contributed by atoms with van der Waals surface area (Å²) >= 11 is 7.56. The zero-order chi connectivity index (χ0) is 18.4. The van der Waals surface area contributed by atoms with Crippen LogP contribution in [0.1, 0.15) is 18.3 Å². The van der Waals surface area contributed by atoms with Crippen molar-refractivity contribution in [3.05, 3.63) is 59.5 Å². The molecule has 0 bridgehead atoms. The molecule has 1 N–H and O–H groups in total. The largest absolute Gasteiger partial charge is 0.484 e. The number of rotatable bonds is 8. The summed E-state index contributed by atoms with van der Waals surface area (Å²) in [6.07, 6.45) is 4.68. The lowest BCUT2D eigenvalue weighted by Gasteiger charge is -2.17. The third-order valence-electron chi connectivity index (χ3n) is 3.78. The number of benzene rings is 1. The lowest BCUT2D eigenvalue weighted by molar-refractivity contribution is -0.123. The van der Waals surface area contributed by atoms with Crippen molar-refractivity contribution in [1.29, 1.82) is 0 Å². The van der Waals surface area contributed by atoms with Gasteiger partial charge in [-0.15, -0.1) is 10.2 Å². The first kappa shape index (κ1) is 18.5. The van der Waals surface area contributed by atoms with Gasteiger partial charge < -0.3 is 10.1 Å². The molecule has 1 aromatic carbocycles. The molecule has 26 heavy (non-hydrogen) atoms. The zero-order valence-corrected chi connectivity index (χ0v) is 15.8. The molecule has 136 valence electrons. The zero-order valence-electron chi connectivity index (χ0n) is 14.3. The molecule has 1 amide bonds. The van der Waals surface area contributed by atoms with E-state index in [1.807, 2.05) is 35.1 Å². The van der Waals surface area contributed by atoms with E-state index in [4.69, 9.17) is 16.3 Å². The van der Waals surface area contributed by atoms with E-state index in [0.29, 0.717) is 10.8 Å². The molecule has 0 saturated carbocycles. The number of nitrogens with zero attached hydrogens (tertiary/aromatic N) is 3. The molecule has 0 spiro atoms. The summed E-state index contributed by atoms with van der Waals surface area (Å²) in [4.78, 5) is 12.4. The van der Waals surface area contributed by atoms with Crippen molar-refractivity contribution in [2.75, 3.05) is 18.6 Å². The predicted octanol–water partition coefficient (Wildman–Crippen LogP) is 3.37. The van der Waals surface area contributed by atoms with Gasteiger partial charge in [-0.25, -0.2) is 0 Å². The van der Waals surface area contributed by atoms with Gasteiger partial charge in [-0.2, -0.15) is 11.8 Å². The topological polar surface area (TPSA) is 68.5 Å². The molecule has 0 fully saturated rings. The van der Waals surface area contributed by atoms with Crippen LogP contribution in [0.3, 0.4) is 0 Å². The smallest absolute Gasteiger partial charge is 0.258 e. The molecule has 0 unspecified atom stereocenters. The normalized spacial score (nSPS) is 12.1. The number of thioether (sulfide) groups is 1. The van der Waals surface area contributed by atoms with Crippen molar-refractivity contribution in [2.45, 2.75) is 12.5 Å². The fraction of sp³-hybridized carbons (Fsp3) is 0.278. The van der Waals surface area contributed by atoms with Crippen LogP contribution in [-0.2, 0) is 4.79 Å². The summed E-state index contributed by atoms with van der Waals surface area (Å²) in [5.74, 6) is 2.00. The van der Waals surface area contributed by atoms with E-state index in [0.717, 1.165) is 23.6 Å². The van der Waals surface area contributed by atoms with Crippen LogP contribution < -0.4 is 10.1 Å². The molecule has 1 atom stereocenters. The molecule has 2 aromatic heterocycles. The van der Waals surface area contributed by atoms with Crippen LogP contribution in [0, 0.1) is 0 Å². The van der Waals surface area contributed by atoms with Gasteiger partial charge in [0.15, 0.2) is 18.1 Å². The van der Waals surface area contributed by atoms with Crippen molar-refractivity contribution in [3.63, 3.8) is 0 Å². The Morgan fingerprint density at radius 3 is 2.85 bits per heavy atom. The van der Waals surface area contributed by atoms with E-state index >= 15 is 0 Å². The van der Waals surface area contributed by atoms with E-state index in [-0.39, 0.29) is 18.6 Å². The average molecular weight is 391 g/mol. The van der Waals surface area contributed by atoms with Crippen LogP contribution in [0.2, 0.25) is 5.02 Å². The van der Waals surface area contributed by atoms with Crippen LogP contribution in [-0.4, -0.2) is 39.1 Å². The Bertz CT molecular complexity index is 869. The maximum Gasteiger partial charge on any atom is 0.258 e. The molecular formula is C18H19ClN4O2S. The van der Waals surface area contributed by atoms with Crippen LogP contribution >= 0.6 is 23.4 Å². The highest BCUT2D eigenvalue weighted by molar-refractivity contribution is 7.98. The molecule has 0 aliphatic heterocycles. The predicted molar refractivity (Wildman–Crippen MR) is 104 cm³/mol. The van der Waals surface area contributed by atoms with E-state index in [1.54, 1.807) is 36.0 Å². The second-order valence-corrected chi connectivity index (χ2v) is 7.05. The van der Waals surface area contributed by atoms with Gasteiger partial charge in [-0.3, -0.25) is 9.20 Å². The molecule has 0 aliphatic rings. The van der Waals surface area contributed by atoms with Gasteiger partial charge in [0.1, 0.15) is 5.75 Å². The second-order valence-electron chi connectivity index (χ2n) is 5.63. The molecule has 6 nitrogen and oxygen atoms in total. The Morgan fingerprint density at radius 2 is 2.08 bits per heavy atom. The lowest BCUT2D eigenvalue weighted by Crippen LogP contribution is -2.34. The minimum absolute atomic E-state index is 0.0753. The quantitative estimate of drug-likeness (QED) is 0.638. The monoisotopic (exact) mass is 390 g/mol. The number of hydrogen-bond donors (Lipinski definition) is 1. The fourth-order valence-electron chi connectivity index (χ4n) is 2.51. The molecular weight excluding hydrogens is 372 g/mol.